The lowest BCUT2D eigenvalue weighted by Gasteiger charge is -2.21. The molecule has 3 aromatic rings. The van der Waals surface area contributed by atoms with E-state index in [1.54, 1.807) is 6.82 Å². The van der Waals surface area contributed by atoms with Gasteiger partial charge in [-0.3, -0.25) is 4.98 Å². The number of nitrogens with zero attached hydrogens (tertiary/aromatic N) is 3. The smallest absolute Gasteiger partial charge is 0.373 e. The van der Waals surface area contributed by atoms with Crippen LogP contribution in [0.1, 0.15) is 6.42 Å². The normalized spacial score (nSPS) is 18.5. The van der Waals surface area contributed by atoms with Crippen LogP contribution < -0.4 is 10.1 Å². The Hall–Kier alpha value is -2.12. The predicted octanol–water partition coefficient (Wildman–Crippen LogP) is 1.39. The Morgan fingerprint density at radius 3 is 3.18 bits per heavy atom. The minimum atomic E-state index is -0.472. The van der Waals surface area contributed by atoms with E-state index in [9.17, 15) is 5.02 Å². The van der Waals surface area contributed by atoms with Crippen molar-refractivity contribution in [3.05, 3.63) is 30.7 Å². The van der Waals surface area contributed by atoms with Crippen molar-refractivity contribution in [1.82, 2.24) is 20.2 Å². The van der Waals surface area contributed by atoms with E-state index in [0.717, 1.165) is 41.4 Å². The number of H-pyrrole nitrogens is 1. The Kier molecular flexibility index (Phi) is 3.24. The molecule has 0 aromatic carbocycles. The molecule has 1 aliphatic heterocycles. The second kappa shape index (κ2) is 5.26. The Morgan fingerprint density at radius 2 is 2.32 bits per heavy atom. The third-order valence-electron chi connectivity index (χ3n) is 4.27. The molecule has 3 N–H and O–H groups in total. The largest absolute Gasteiger partial charge is 0.437 e. The summed E-state index contributed by atoms with van der Waals surface area (Å²) in [7, 11) is -0.472. The number of aromatic nitrogens is 3. The maximum absolute atomic E-state index is 9.50. The number of hydrogen-bond donors (Lipinski definition) is 3. The van der Waals surface area contributed by atoms with Crippen LogP contribution in [0.4, 0.5) is 5.69 Å². The lowest BCUT2D eigenvalue weighted by atomic mass is 9.87. The second-order valence-electron chi connectivity index (χ2n) is 5.86. The van der Waals surface area contributed by atoms with Crippen molar-refractivity contribution in [2.75, 3.05) is 18.0 Å². The first-order valence-electron chi connectivity index (χ1n) is 7.62. The highest BCUT2D eigenvalue weighted by molar-refractivity contribution is 6.45. The monoisotopic (exact) mass is 295 g/mol. The third kappa shape index (κ3) is 2.22. The zero-order valence-electron chi connectivity index (χ0n) is 12.5. The summed E-state index contributed by atoms with van der Waals surface area (Å²) < 4.78 is 0. The van der Waals surface area contributed by atoms with E-state index in [2.05, 4.69) is 37.2 Å². The summed E-state index contributed by atoms with van der Waals surface area (Å²) in [5, 5.41) is 15.0. The molecular formula is C15H18BN5O. The molecule has 0 bridgehead atoms. The quantitative estimate of drug-likeness (QED) is 0.637. The number of anilines is 1. The van der Waals surface area contributed by atoms with E-state index in [-0.39, 0.29) is 0 Å². The number of rotatable bonds is 3. The van der Waals surface area contributed by atoms with Crippen molar-refractivity contribution in [2.45, 2.75) is 19.3 Å². The Bertz CT molecular complexity index is 818. The van der Waals surface area contributed by atoms with Gasteiger partial charge in [0.2, 0.25) is 0 Å². The molecule has 4 rings (SSSR count). The maximum atomic E-state index is 9.50. The summed E-state index contributed by atoms with van der Waals surface area (Å²) in [4.78, 5) is 14.4. The van der Waals surface area contributed by atoms with Crippen molar-refractivity contribution in [2.24, 2.45) is 0 Å². The molecule has 0 radical (unpaired) electrons. The van der Waals surface area contributed by atoms with Crippen LogP contribution in [0.25, 0.3) is 21.9 Å². The molecule has 0 spiro atoms. The summed E-state index contributed by atoms with van der Waals surface area (Å²) >= 11 is 0. The van der Waals surface area contributed by atoms with Crippen LogP contribution in [0, 0.1) is 0 Å². The molecule has 1 aliphatic rings. The summed E-state index contributed by atoms with van der Waals surface area (Å²) in [6, 6.07) is 4.43. The number of pyridine rings is 2. The average molecular weight is 295 g/mol. The molecule has 0 saturated carbocycles. The first-order valence-corrected chi connectivity index (χ1v) is 7.62. The molecule has 3 aromatic heterocycles. The summed E-state index contributed by atoms with van der Waals surface area (Å²) in [5.41, 5.74) is 2.99. The zero-order chi connectivity index (χ0) is 15.1. The van der Waals surface area contributed by atoms with Crippen LogP contribution in [0.3, 0.4) is 0 Å². The second-order valence-corrected chi connectivity index (χ2v) is 5.86. The van der Waals surface area contributed by atoms with Crippen LogP contribution in [-0.4, -0.2) is 46.2 Å². The van der Waals surface area contributed by atoms with Gasteiger partial charge < -0.3 is 20.1 Å². The van der Waals surface area contributed by atoms with Gasteiger partial charge in [0.1, 0.15) is 5.65 Å². The lowest BCUT2D eigenvalue weighted by Crippen LogP contribution is -2.41. The highest BCUT2D eigenvalue weighted by Crippen LogP contribution is 2.32. The molecular weight excluding hydrogens is 277 g/mol. The van der Waals surface area contributed by atoms with Crippen molar-refractivity contribution < 1.29 is 5.02 Å². The van der Waals surface area contributed by atoms with Crippen molar-refractivity contribution in [1.29, 1.82) is 0 Å². The van der Waals surface area contributed by atoms with Gasteiger partial charge in [0.15, 0.2) is 0 Å². The Morgan fingerprint density at radius 1 is 1.41 bits per heavy atom. The van der Waals surface area contributed by atoms with Crippen molar-refractivity contribution in [3.63, 3.8) is 0 Å². The van der Waals surface area contributed by atoms with Crippen LogP contribution in [0.2, 0.25) is 6.82 Å². The van der Waals surface area contributed by atoms with Crippen LogP contribution >= 0.6 is 0 Å². The zero-order valence-corrected chi connectivity index (χ0v) is 12.5. The molecule has 0 amide bonds. The minimum Gasteiger partial charge on any atom is -0.437 e. The fourth-order valence-corrected chi connectivity index (χ4v) is 3.36. The summed E-state index contributed by atoms with van der Waals surface area (Å²) in [6.07, 6.45) is 6.60. The molecule has 0 aliphatic carbocycles. The lowest BCUT2D eigenvalue weighted by molar-refractivity contribution is 0.528. The highest BCUT2D eigenvalue weighted by atomic mass is 16.2. The average Bonchev–Trinajstić information content (AvgIpc) is 3.14. The van der Waals surface area contributed by atoms with E-state index in [1.807, 2.05) is 18.6 Å². The van der Waals surface area contributed by atoms with Crippen molar-refractivity contribution in [3.8, 4) is 0 Å². The fraction of sp³-hybridized carbons (Fsp3) is 0.333. The van der Waals surface area contributed by atoms with Gasteiger partial charge >= 0.3 is 7.05 Å². The predicted molar refractivity (Wildman–Crippen MR) is 89.0 cm³/mol. The maximum Gasteiger partial charge on any atom is 0.373 e. The SMILES string of the molecule is CB(O)NC1CCN(c2ccnc3cnc4[nH]ccc4c23)C1. The van der Waals surface area contributed by atoms with E-state index in [1.165, 1.54) is 5.69 Å². The number of aromatic amines is 1. The van der Waals surface area contributed by atoms with Gasteiger partial charge in [-0.1, -0.05) is 0 Å². The molecule has 1 unspecified atom stereocenters. The summed E-state index contributed by atoms with van der Waals surface area (Å²) in [5.74, 6) is 0. The van der Waals surface area contributed by atoms with Gasteiger partial charge in [0, 0.05) is 48.0 Å². The highest BCUT2D eigenvalue weighted by Gasteiger charge is 2.25. The molecule has 22 heavy (non-hydrogen) atoms. The molecule has 1 saturated heterocycles. The molecule has 4 heterocycles. The number of hydrogen-bond acceptors (Lipinski definition) is 5. The molecule has 1 fully saturated rings. The van der Waals surface area contributed by atoms with E-state index >= 15 is 0 Å². The molecule has 7 heteroatoms. The van der Waals surface area contributed by atoms with E-state index in [4.69, 9.17) is 0 Å². The van der Waals surface area contributed by atoms with Gasteiger partial charge in [-0.2, -0.15) is 0 Å². The van der Waals surface area contributed by atoms with Crippen molar-refractivity contribution >= 4 is 34.7 Å². The van der Waals surface area contributed by atoms with Gasteiger partial charge in [-0.15, -0.1) is 0 Å². The van der Waals surface area contributed by atoms with Crippen LogP contribution in [-0.2, 0) is 0 Å². The Labute approximate surface area is 128 Å². The summed E-state index contributed by atoms with van der Waals surface area (Å²) in [6.45, 7) is 3.62. The number of fused-ring (bicyclic) bond motifs is 3. The topological polar surface area (TPSA) is 77.1 Å². The third-order valence-corrected chi connectivity index (χ3v) is 4.27. The molecule has 6 nitrogen and oxygen atoms in total. The Balaban J connectivity index is 1.77. The van der Waals surface area contributed by atoms with Gasteiger partial charge in [-0.05, 0) is 25.4 Å². The van der Waals surface area contributed by atoms with Crippen LogP contribution in [0.5, 0.6) is 0 Å². The first-order chi connectivity index (χ1) is 10.7. The standard InChI is InChI=1S/C15H18BN5O/c1-16(22)20-10-4-7-21(9-10)13-3-6-17-12-8-19-15-11(14(12)13)2-5-18-15/h2-3,5-6,8,10,20,22H,4,7,9H2,1H3,(H,18,19). The van der Waals surface area contributed by atoms with E-state index in [0.29, 0.717) is 6.04 Å². The van der Waals surface area contributed by atoms with Gasteiger partial charge in [0.05, 0.1) is 11.7 Å². The first kappa shape index (κ1) is 13.5. The number of nitrogens with one attached hydrogen (secondary N) is 2. The molecule has 112 valence electrons. The van der Waals surface area contributed by atoms with Gasteiger partial charge in [0.25, 0.3) is 0 Å². The minimum absolute atomic E-state index is 0.312. The fourth-order valence-electron chi connectivity index (χ4n) is 3.36. The van der Waals surface area contributed by atoms with Gasteiger partial charge in [-0.25, -0.2) is 4.98 Å². The van der Waals surface area contributed by atoms with Crippen LogP contribution in [0.15, 0.2) is 30.7 Å². The van der Waals surface area contributed by atoms with E-state index < -0.39 is 7.05 Å². The molecule has 1 atom stereocenters.